The molecular weight excluding hydrogens is 587 g/mol. The van der Waals surface area contributed by atoms with Crippen LogP contribution < -0.4 is 4.90 Å². The highest BCUT2D eigenvalue weighted by Crippen LogP contribution is 2.46. The first-order chi connectivity index (χ1) is 22.2. The van der Waals surface area contributed by atoms with E-state index < -0.39 is 24.0 Å². The van der Waals surface area contributed by atoms with E-state index in [2.05, 4.69) is 4.98 Å². The van der Waals surface area contributed by atoms with Crippen molar-refractivity contribution in [3.05, 3.63) is 131 Å². The van der Waals surface area contributed by atoms with Crippen LogP contribution in [0.15, 0.2) is 97.2 Å². The van der Waals surface area contributed by atoms with Crippen molar-refractivity contribution < 1.29 is 34.1 Å². The van der Waals surface area contributed by atoms with Gasteiger partial charge in [0.1, 0.15) is 5.82 Å². The molecule has 0 aliphatic carbocycles. The maximum atomic E-state index is 13.6. The summed E-state index contributed by atoms with van der Waals surface area (Å²) in [6.45, 7) is 0. The van der Waals surface area contributed by atoms with Crippen molar-refractivity contribution in [3.63, 3.8) is 0 Å². The molecule has 8 nitrogen and oxygen atoms in total. The van der Waals surface area contributed by atoms with Gasteiger partial charge in [-0.2, -0.15) is 0 Å². The van der Waals surface area contributed by atoms with E-state index in [1.54, 1.807) is 23.2 Å². The fourth-order valence-corrected chi connectivity index (χ4v) is 6.07. The zero-order chi connectivity index (χ0) is 32.6. The van der Waals surface area contributed by atoms with Crippen molar-refractivity contribution in [1.82, 2.24) is 4.98 Å². The molecule has 238 valence electrons. The molecule has 0 radical (unpaired) electrons. The molecule has 0 saturated carbocycles. The molecule has 9 heteroatoms. The van der Waals surface area contributed by atoms with Crippen LogP contribution in [0.2, 0.25) is 0 Å². The van der Waals surface area contributed by atoms with Gasteiger partial charge in [-0.1, -0.05) is 54.6 Å². The molecule has 1 aromatic heterocycles. The number of carbonyl (C=O) groups excluding carboxylic acids is 1. The van der Waals surface area contributed by atoms with Crippen molar-refractivity contribution in [3.8, 4) is 0 Å². The Labute approximate surface area is 267 Å². The monoisotopic (exact) mass is 624 g/mol. The van der Waals surface area contributed by atoms with Gasteiger partial charge in [0.15, 0.2) is 5.92 Å². The van der Waals surface area contributed by atoms with Crippen molar-refractivity contribution in [2.75, 3.05) is 4.90 Å². The highest BCUT2D eigenvalue weighted by molar-refractivity contribution is 6.03. The Hall–Kier alpha value is -4.89. The van der Waals surface area contributed by atoms with Gasteiger partial charge in [-0.25, -0.2) is 4.39 Å². The number of benzene rings is 3. The summed E-state index contributed by atoms with van der Waals surface area (Å²) in [6.07, 6.45) is 4.33. The third-order valence-electron chi connectivity index (χ3n) is 8.71. The predicted octanol–water partition coefficient (Wildman–Crippen LogP) is 6.33. The number of carbonyl (C=O) groups is 3. The van der Waals surface area contributed by atoms with E-state index >= 15 is 0 Å². The highest BCUT2D eigenvalue weighted by atomic mass is 19.1. The van der Waals surface area contributed by atoms with Crippen LogP contribution in [0.3, 0.4) is 0 Å². The van der Waals surface area contributed by atoms with Crippen LogP contribution in [0, 0.1) is 17.7 Å². The van der Waals surface area contributed by atoms with Gasteiger partial charge in [-0.05, 0) is 104 Å². The summed E-state index contributed by atoms with van der Waals surface area (Å²) in [5.41, 5.74) is 5.40. The van der Waals surface area contributed by atoms with Crippen LogP contribution in [0.1, 0.15) is 65.8 Å². The van der Waals surface area contributed by atoms with Gasteiger partial charge in [0.25, 0.3) is 0 Å². The molecule has 0 unspecified atom stereocenters. The largest absolute Gasteiger partial charge is 0.481 e. The lowest BCUT2D eigenvalue weighted by atomic mass is 9.78. The number of anilines is 1. The summed E-state index contributed by atoms with van der Waals surface area (Å²) in [5, 5.41) is 29.0. The van der Waals surface area contributed by atoms with Crippen LogP contribution in [0.5, 0.6) is 0 Å². The fraction of sp³-hybridized carbons (Fsp3) is 0.297. The number of nitrogens with zero attached hydrogens (tertiary/aromatic N) is 2. The lowest BCUT2D eigenvalue weighted by molar-refractivity contribution is -0.154. The Morgan fingerprint density at radius 1 is 0.804 bits per heavy atom. The second-order valence-electron chi connectivity index (χ2n) is 11.8. The van der Waals surface area contributed by atoms with Gasteiger partial charge in [0.2, 0.25) is 5.91 Å². The van der Waals surface area contributed by atoms with Crippen molar-refractivity contribution in [1.29, 1.82) is 0 Å². The number of halogens is 1. The number of carboxylic acids is 2. The maximum absolute atomic E-state index is 13.6. The summed E-state index contributed by atoms with van der Waals surface area (Å²) < 4.78 is 13.4. The second kappa shape index (κ2) is 14.9. The van der Waals surface area contributed by atoms with Crippen LogP contribution in [-0.4, -0.2) is 38.1 Å². The summed E-state index contributed by atoms with van der Waals surface area (Å²) in [7, 11) is 0. The Kier molecular flexibility index (Phi) is 10.5. The van der Waals surface area contributed by atoms with E-state index in [1.807, 2.05) is 66.7 Å². The average molecular weight is 625 g/mol. The zero-order valence-corrected chi connectivity index (χ0v) is 25.3. The third-order valence-corrected chi connectivity index (χ3v) is 8.71. The van der Waals surface area contributed by atoms with Crippen LogP contribution in [0.4, 0.5) is 10.1 Å². The highest BCUT2D eigenvalue weighted by Gasteiger charge is 2.48. The number of aliphatic hydroxyl groups excluding tert-OH is 1. The zero-order valence-electron chi connectivity index (χ0n) is 25.3. The number of amides is 1. The summed E-state index contributed by atoms with van der Waals surface area (Å²) >= 11 is 0. The normalized spacial score (nSPS) is 16.7. The van der Waals surface area contributed by atoms with Gasteiger partial charge in [-0.15, -0.1) is 0 Å². The van der Waals surface area contributed by atoms with Crippen molar-refractivity contribution >= 4 is 23.5 Å². The second-order valence-corrected chi connectivity index (χ2v) is 11.8. The Balaban J connectivity index is 1.29. The molecule has 3 N–H and O–H groups in total. The number of aliphatic carboxylic acids is 2. The number of aromatic nitrogens is 1. The number of hydrogen-bond acceptors (Lipinski definition) is 5. The molecule has 4 aromatic rings. The lowest BCUT2D eigenvalue weighted by Gasteiger charge is -2.48. The molecule has 3 atom stereocenters. The van der Waals surface area contributed by atoms with Crippen molar-refractivity contribution in [2.24, 2.45) is 11.8 Å². The molecule has 46 heavy (non-hydrogen) atoms. The summed E-state index contributed by atoms with van der Waals surface area (Å²) in [5.74, 6) is -4.88. The van der Waals surface area contributed by atoms with Gasteiger partial charge in [-0.3, -0.25) is 19.4 Å². The number of β-lactam (4-membered cyclic amide) rings is 1. The average Bonchev–Trinajstić information content (AvgIpc) is 3.06. The topological polar surface area (TPSA) is 128 Å². The Bertz CT molecular complexity index is 1610. The molecule has 5 rings (SSSR count). The minimum absolute atomic E-state index is 0.0324. The number of aliphatic hydroxyl groups is 1. The molecule has 0 bridgehead atoms. The van der Waals surface area contributed by atoms with E-state index in [1.165, 1.54) is 12.1 Å². The van der Waals surface area contributed by atoms with Gasteiger partial charge in [0, 0.05) is 17.6 Å². The van der Waals surface area contributed by atoms with E-state index in [9.17, 15) is 23.9 Å². The van der Waals surface area contributed by atoms with E-state index in [0.717, 1.165) is 40.9 Å². The molecule has 1 aliphatic rings. The molecule has 1 amide bonds. The molecule has 1 fully saturated rings. The molecule has 0 spiro atoms. The minimum Gasteiger partial charge on any atom is -0.481 e. The van der Waals surface area contributed by atoms with Gasteiger partial charge in [0.05, 0.1) is 18.1 Å². The fourth-order valence-electron chi connectivity index (χ4n) is 6.07. The van der Waals surface area contributed by atoms with Crippen LogP contribution in [-0.2, 0) is 33.6 Å². The first kappa shape index (κ1) is 32.5. The summed E-state index contributed by atoms with van der Waals surface area (Å²) in [6, 6.07) is 27.0. The molecule has 2 heterocycles. The van der Waals surface area contributed by atoms with Crippen LogP contribution in [0.25, 0.3) is 0 Å². The van der Waals surface area contributed by atoms with E-state index in [4.69, 9.17) is 10.2 Å². The summed E-state index contributed by atoms with van der Waals surface area (Å²) in [4.78, 5) is 42.2. The smallest absolute Gasteiger partial charge is 0.317 e. The Morgan fingerprint density at radius 3 is 2.09 bits per heavy atom. The van der Waals surface area contributed by atoms with Crippen LogP contribution >= 0.6 is 0 Å². The number of hydrogen-bond donors (Lipinski definition) is 3. The molecule has 1 saturated heterocycles. The maximum Gasteiger partial charge on any atom is 0.317 e. The number of pyridine rings is 1. The first-order valence-electron chi connectivity index (χ1n) is 15.5. The minimum atomic E-state index is -1.43. The molecular formula is C37H37FN2O6. The molecule has 1 aliphatic heterocycles. The third kappa shape index (κ3) is 7.84. The lowest BCUT2D eigenvalue weighted by Crippen LogP contribution is -2.55. The Morgan fingerprint density at radius 2 is 1.46 bits per heavy atom. The first-order valence-corrected chi connectivity index (χ1v) is 15.5. The van der Waals surface area contributed by atoms with Gasteiger partial charge < -0.3 is 20.2 Å². The quantitative estimate of drug-likeness (QED) is 0.104. The van der Waals surface area contributed by atoms with Crippen molar-refractivity contribution in [2.45, 2.75) is 57.1 Å². The predicted molar refractivity (Wildman–Crippen MR) is 171 cm³/mol. The van der Waals surface area contributed by atoms with E-state index in [0.29, 0.717) is 31.2 Å². The standard InChI is InChI=1S/C37H37FN2O6/c38-28-16-14-26(15-17-28)33(41)22-21-31-34(27-12-7-24(8-13-27)4-3-6-32(36(43)44)37(45)46)40(35(31)42)30-19-10-25(11-20-30)9-18-29-5-1-2-23-39-29/h1-2,5,7-8,10-17,19-20,23,31-34,41H,3-4,6,9,18,21-22H2,(H,43,44)(H,45,46)/t31-,33+,34-/m1/s1. The van der Waals surface area contributed by atoms with E-state index in [-0.39, 0.29) is 30.1 Å². The van der Waals surface area contributed by atoms with Gasteiger partial charge >= 0.3 is 11.9 Å². The number of aryl methyl sites for hydroxylation is 3. The molecule has 3 aromatic carbocycles. The number of carboxylic acid groups (broad SMARTS) is 2. The SMILES string of the molecule is O=C(O)C(CCCc1ccc([C@@H]2[C@@H](CC[C@H](O)c3ccc(F)cc3)C(=O)N2c2ccc(CCc3ccccn3)cc2)cc1)C(=O)O. The number of rotatable bonds is 15.